The highest BCUT2D eigenvalue weighted by atomic mass is 35.5. The largest absolute Gasteiger partial charge is 0.430 e. The Morgan fingerprint density at radius 3 is 2.00 bits per heavy atom. The van der Waals surface area contributed by atoms with Crippen LogP contribution in [-0.4, -0.2) is 34.4 Å². The lowest BCUT2D eigenvalue weighted by Crippen LogP contribution is -2.50. The molecule has 0 spiro atoms. The average Bonchev–Trinajstić information content (AvgIpc) is 3.19. The highest BCUT2D eigenvalue weighted by Crippen LogP contribution is 2.47. The van der Waals surface area contributed by atoms with Gasteiger partial charge in [0.1, 0.15) is 0 Å². The number of cyclic esters (lactones) is 1. The Labute approximate surface area is 214 Å². The first-order valence-electron chi connectivity index (χ1n) is 11.8. The molecule has 0 N–H and O–H groups in total. The first-order chi connectivity index (χ1) is 17.2. The van der Waals surface area contributed by atoms with Gasteiger partial charge in [-0.15, -0.1) is 0 Å². The van der Waals surface area contributed by atoms with E-state index in [1.807, 2.05) is 74.5 Å². The van der Waals surface area contributed by atoms with E-state index >= 15 is 0 Å². The van der Waals surface area contributed by atoms with Crippen LogP contribution in [0.3, 0.4) is 0 Å². The minimum atomic E-state index is -1.22. The number of amides is 2. The maximum absolute atomic E-state index is 13.7. The van der Waals surface area contributed by atoms with Crippen LogP contribution in [0.1, 0.15) is 42.9 Å². The number of nitro groups is 1. The Kier molecular flexibility index (Phi) is 7.40. The fraction of sp³-hybridized carbons (Fsp3) is 0.286. The molecule has 2 amide bonds. The van der Waals surface area contributed by atoms with Gasteiger partial charge in [-0.3, -0.25) is 14.9 Å². The van der Waals surface area contributed by atoms with Gasteiger partial charge in [0.15, 0.2) is 5.60 Å². The maximum Gasteiger partial charge on any atom is 0.418 e. The molecule has 8 heteroatoms. The number of carbonyl (C=O) groups excluding carboxylic acids is 2. The molecule has 0 radical (unpaired) electrons. The highest BCUT2D eigenvalue weighted by molar-refractivity contribution is 6.30. The van der Waals surface area contributed by atoms with E-state index in [1.165, 1.54) is 0 Å². The first-order valence-corrected chi connectivity index (χ1v) is 12.1. The van der Waals surface area contributed by atoms with Crippen molar-refractivity contribution < 1.29 is 19.2 Å². The summed E-state index contributed by atoms with van der Waals surface area (Å²) in [6.07, 6.45) is -0.983. The zero-order valence-corrected chi connectivity index (χ0v) is 20.8. The molecule has 0 aliphatic carbocycles. The van der Waals surface area contributed by atoms with Gasteiger partial charge < -0.3 is 4.74 Å². The molecule has 0 bridgehead atoms. The van der Waals surface area contributed by atoms with Gasteiger partial charge in [-0.2, -0.15) is 0 Å². The second-order valence-corrected chi connectivity index (χ2v) is 9.69. The maximum atomic E-state index is 13.7. The number of hydrogen-bond acceptors (Lipinski definition) is 5. The zero-order chi connectivity index (χ0) is 25.9. The van der Waals surface area contributed by atoms with Crippen molar-refractivity contribution in [3.8, 4) is 0 Å². The second-order valence-electron chi connectivity index (χ2n) is 9.26. The normalized spacial score (nSPS) is 17.6. The number of carbonyl (C=O) groups is 2. The third kappa shape index (κ3) is 4.84. The topological polar surface area (TPSA) is 89.8 Å². The minimum Gasteiger partial charge on any atom is -0.430 e. The summed E-state index contributed by atoms with van der Waals surface area (Å²) in [5, 5.41) is 11.9. The number of hydrogen-bond donors (Lipinski definition) is 0. The summed E-state index contributed by atoms with van der Waals surface area (Å²) >= 11 is 5.98. The van der Waals surface area contributed by atoms with Crippen molar-refractivity contribution >= 4 is 23.6 Å². The van der Waals surface area contributed by atoms with Crippen molar-refractivity contribution in [2.75, 3.05) is 6.54 Å². The summed E-state index contributed by atoms with van der Waals surface area (Å²) in [4.78, 5) is 39.3. The van der Waals surface area contributed by atoms with Gasteiger partial charge in [0, 0.05) is 27.5 Å². The zero-order valence-electron chi connectivity index (χ0n) is 20.0. The number of benzene rings is 3. The van der Waals surface area contributed by atoms with Crippen LogP contribution >= 0.6 is 11.6 Å². The molecule has 1 aliphatic heterocycles. The van der Waals surface area contributed by atoms with E-state index in [-0.39, 0.29) is 12.3 Å². The molecule has 1 aliphatic rings. The lowest BCUT2D eigenvalue weighted by atomic mass is 9.75. The van der Waals surface area contributed by atoms with Crippen LogP contribution in [0.2, 0.25) is 5.02 Å². The van der Waals surface area contributed by atoms with Crippen LogP contribution in [0, 0.1) is 16.0 Å². The number of imide groups is 1. The van der Waals surface area contributed by atoms with Crippen molar-refractivity contribution in [3.63, 3.8) is 0 Å². The van der Waals surface area contributed by atoms with E-state index < -0.39 is 41.0 Å². The standard InChI is InChI=1S/C28H27ClN2O5/c1-19(2)26-28(22-9-5-3-6-10-22,23-11-7-4-8-12-23)36-27(33)31(26)25(32)17-21(18-30(34)35)20-13-15-24(29)16-14-20/h3-16,19,21,26H,17-18H2,1-2H3/t21-,26+/m0/s1. The van der Waals surface area contributed by atoms with Crippen LogP contribution in [0.15, 0.2) is 84.9 Å². The lowest BCUT2D eigenvalue weighted by molar-refractivity contribution is -0.483. The second kappa shape index (κ2) is 10.5. The molecular weight excluding hydrogens is 480 g/mol. The molecule has 36 heavy (non-hydrogen) atoms. The number of nitrogens with zero attached hydrogens (tertiary/aromatic N) is 2. The van der Waals surface area contributed by atoms with Crippen LogP contribution in [0.25, 0.3) is 0 Å². The van der Waals surface area contributed by atoms with Gasteiger partial charge >= 0.3 is 6.09 Å². The highest BCUT2D eigenvalue weighted by Gasteiger charge is 2.59. The first kappa shape index (κ1) is 25.4. The number of rotatable bonds is 8. The smallest absolute Gasteiger partial charge is 0.418 e. The summed E-state index contributed by atoms with van der Waals surface area (Å²) in [6, 6.07) is 24.7. The molecule has 0 unspecified atom stereocenters. The summed E-state index contributed by atoms with van der Waals surface area (Å²) in [5.41, 5.74) is 0.883. The third-order valence-corrected chi connectivity index (χ3v) is 6.83. The summed E-state index contributed by atoms with van der Waals surface area (Å²) < 4.78 is 6.13. The lowest BCUT2D eigenvalue weighted by Gasteiger charge is -2.37. The quantitative estimate of drug-likeness (QED) is 0.274. The van der Waals surface area contributed by atoms with E-state index in [0.717, 1.165) is 16.0 Å². The fourth-order valence-corrected chi connectivity index (χ4v) is 5.20. The molecule has 1 fully saturated rings. The molecule has 3 aromatic carbocycles. The van der Waals surface area contributed by atoms with Crippen LogP contribution in [0.4, 0.5) is 4.79 Å². The van der Waals surface area contributed by atoms with E-state index in [4.69, 9.17) is 16.3 Å². The Bertz CT molecular complexity index is 1190. The van der Waals surface area contributed by atoms with Crippen LogP contribution < -0.4 is 0 Å². The third-order valence-electron chi connectivity index (χ3n) is 6.58. The van der Waals surface area contributed by atoms with Crippen molar-refractivity contribution in [1.82, 2.24) is 4.90 Å². The molecular formula is C28H27ClN2O5. The predicted octanol–water partition coefficient (Wildman–Crippen LogP) is 6.04. The average molecular weight is 507 g/mol. The summed E-state index contributed by atoms with van der Waals surface area (Å²) in [6.45, 7) is 3.41. The molecule has 7 nitrogen and oxygen atoms in total. The van der Waals surface area contributed by atoms with Crippen molar-refractivity contribution in [2.24, 2.45) is 5.92 Å². The van der Waals surface area contributed by atoms with Crippen molar-refractivity contribution in [3.05, 3.63) is 117 Å². The van der Waals surface area contributed by atoms with Gasteiger partial charge in [0.25, 0.3) is 0 Å². The molecule has 3 aromatic rings. The van der Waals surface area contributed by atoms with Gasteiger partial charge in [-0.25, -0.2) is 9.69 Å². The van der Waals surface area contributed by atoms with Crippen LogP contribution in [-0.2, 0) is 15.1 Å². The van der Waals surface area contributed by atoms with Gasteiger partial charge in [0.2, 0.25) is 12.5 Å². The molecule has 1 heterocycles. The van der Waals surface area contributed by atoms with Gasteiger partial charge in [-0.05, 0) is 23.6 Å². The van der Waals surface area contributed by atoms with Gasteiger partial charge in [0.05, 0.1) is 12.0 Å². The molecule has 0 saturated carbocycles. The van der Waals surface area contributed by atoms with E-state index in [1.54, 1.807) is 24.3 Å². The Morgan fingerprint density at radius 2 is 1.53 bits per heavy atom. The van der Waals surface area contributed by atoms with Gasteiger partial charge in [-0.1, -0.05) is 98.2 Å². The molecule has 186 valence electrons. The number of halogens is 1. The van der Waals surface area contributed by atoms with E-state index in [9.17, 15) is 19.7 Å². The fourth-order valence-electron chi connectivity index (χ4n) is 5.08. The Balaban J connectivity index is 1.76. The number of ether oxygens (including phenoxy) is 1. The predicted molar refractivity (Wildman–Crippen MR) is 136 cm³/mol. The Morgan fingerprint density at radius 1 is 1.00 bits per heavy atom. The molecule has 1 saturated heterocycles. The van der Waals surface area contributed by atoms with E-state index in [2.05, 4.69) is 0 Å². The van der Waals surface area contributed by atoms with Crippen molar-refractivity contribution in [2.45, 2.75) is 37.8 Å². The molecule has 0 aromatic heterocycles. The molecule has 2 atom stereocenters. The summed E-state index contributed by atoms with van der Waals surface area (Å²) in [7, 11) is 0. The monoisotopic (exact) mass is 506 g/mol. The van der Waals surface area contributed by atoms with Crippen LogP contribution in [0.5, 0.6) is 0 Å². The van der Waals surface area contributed by atoms with Crippen molar-refractivity contribution in [1.29, 1.82) is 0 Å². The summed E-state index contributed by atoms with van der Waals surface area (Å²) in [5.74, 6) is -1.42. The molecule has 4 rings (SSSR count). The minimum absolute atomic E-state index is 0.176. The SMILES string of the molecule is CC(C)[C@H]1N(C(=O)C[C@@H](C[N+](=O)[O-])c2ccc(Cl)cc2)C(=O)OC1(c1ccccc1)c1ccccc1. The Hall–Kier alpha value is -3.71. The van der Waals surface area contributed by atoms with E-state index in [0.29, 0.717) is 10.6 Å².